The third kappa shape index (κ3) is 15.9. The molecule has 0 saturated carbocycles. The number of thiophene rings is 2. The molecule has 20 nitrogen and oxygen atoms in total. The minimum atomic E-state index is -0.494. The lowest BCUT2D eigenvalue weighted by Crippen LogP contribution is -2.44. The first-order valence-electron chi connectivity index (χ1n) is 24.4. The summed E-state index contributed by atoms with van der Waals surface area (Å²) in [4.78, 5) is 49.5. The van der Waals surface area contributed by atoms with Gasteiger partial charge in [-0.2, -0.15) is 0 Å². The zero-order valence-electron chi connectivity index (χ0n) is 42.1. The van der Waals surface area contributed by atoms with E-state index in [1.54, 1.807) is 24.3 Å². The number of benzene rings is 4. The van der Waals surface area contributed by atoms with Crippen LogP contribution in [-0.2, 0) is 39.8 Å². The Morgan fingerprint density at radius 1 is 0.641 bits per heavy atom. The van der Waals surface area contributed by atoms with Gasteiger partial charge in [0.25, 0.3) is 0 Å². The highest BCUT2D eigenvalue weighted by molar-refractivity contribution is 7.31. The number of fused-ring (bicyclic) bond motifs is 2. The fourth-order valence-electron chi connectivity index (χ4n) is 7.61. The number of aromatic nitrogens is 2. The third-order valence-corrected chi connectivity index (χ3v) is 15.3. The van der Waals surface area contributed by atoms with Gasteiger partial charge >= 0.3 is 17.9 Å². The number of carbonyl (C=O) groups is 3. The van der Waals surface area contributed by atoms with Crippen LogP contribution < -0.4 is 14.5 Å². The molecule has 0 N–H and O–H groups in total. The van der Waals surface area contributed by atoms with Crippen molar-refractivity contribution in [3.8, 4) is 5.75 Å². The normalized spacial score (nSPS) is 13.8. The van der Waals surface area contributed by atoms with Gasteiger partial charge in [0.05, 0.1) is 58.0 Å². The van der Waals surface area contributed by atoms with Crippen molar-refractivity contribution in [1.82, 2.24) is 9.97 Å². The summed E-state index contributed by atoms with van der Waals surface area (Å²) in [5.74, 6) is -0.640. The van der Waals surface area contributed by atoms with E-state index in [4.69, 9.17) is 23.7 Å². The maximum Gasteiger partial charge on any atom is 0.330 e. The molecule has 0 aliphatic carbocycles. The molecule has 1 unspecified atom stereocenters. The van der Waals surface area contributed by atoms with Crippen LogP contribution in [0.1, 0.15) is 18.9 Å². The summed E-state index contributed by atoms with van der Waals surface area (Å²) in [6.45, 7) is 12.3. The number of nitrogens with zero attached hydrogens (tertiary/aromatic N) is 12. The molecule has 398 valence electrons. The lowest BCUT2D eigenvalue weighted by molar-refractivity contribution is -0.141. The topological polar surface area (TPSA) is 228 Å². The quantitative estimate of drug-likeness (QED) is 0.0171. The van der Waals surface area contributed by atoms with Crippen molar-refractivity contribution < 1.29 is 38.1 Å². The van der Waals surface area contributed by atoms with E-state index in [-0.39, 0.29) is 31.9 Å². The minimum absolute atomic E-state index is 0.0389. The Morgan fingerprint density at radius 2 is 1.18 bits per heavy atom. The van der Waals surface area contributed by atoms with E-state index in [1.807, 2.05) is 84.9 Å². The van der Waals surface area contributed by atoms with E-state index in [9.17, 15) is 14.4 Å². The number of ether oxygens (including phenoxy) is 5. The fraction of sp³-hybridized carbons (Fsp3) is 0.241. The molecule has 4 aromatic carbocycles. The highest BCUT2D eigenvalue weighted by Gasteiger charge is 2.22. The first kappa shape index (κ1) is 54.5. The average Bonchev–Trinajstić information content (AvgIpc) is 4.27. The molecule has 1 saturated heterocycles. The van der Waals surface area contributed by atoms with E-state index in [0.29, 0.717) is 77.3 Å². The Hall–Kier alpha value is -8.29. The number of hydrogen-bond donors (Lipinski definition) is 0. The predicted molar refractivity (Wildman–Crippen MR) is 304 cm³/mol. The van der Waals surface area contributed by atoms with Crippen molar-refractivity contribution in [2.75, 3.05) is 69.0 Å². The lowest BCUT2D eigenvalue weighted by Gasteiger charge is -2.36. The summed E-state index contributed by atoms with van der Waals surface area (Å²) in [6.07, 6.45) is 3.60. The van der Waals surface area contributed by atoms with Crippen LogP contribution in [0.2, 0.25) is 0 Å². The zero-order valence-corrected chi connectivity index (χ0v) is 45.3. The Labute approximate surface area is 463 Å². The number of hydrogen-bond acceptors (Lipinski definition) is 24. The van der Waals surface area contributed by atoms with Crippen molar-refractivity contribution >= 4 is 137 Å². The van der Waals surface area contributed by atoms with Crippen LogP contribution >= 0.6 is 45.3 Å². The van der Waals surface area contributed by atoms with Crippen molar-refractivity contribution in [2.24, 2.45) is 40.9 Å². The molecule has 4 aromatic heterocycles. The van der Waals surface area contributed by atoms with Crippen LogP contribution in [0.15, 0.2) is 175 Å². The molecule has 0 spiro atoms. The number of carbonyl (C=O) groups excluding carboxylic acids is 3. The van der Waals surface area contributed by atoms with Crippen LogP contribution in [-0.4, -0.2) is 93.2 Å². The van der Waals surface area contributed by atoms with Crippen molar-refractivity contribution in [3.63, 3.8) is 0 Å². The van der Waals surface area contributed by atoms with Crippen LogP contribution in [0.25, 0.3) is 19.1 Å². The number of thiazole rings is 2. The van der Waals surface area contributed by atoms with Crippen molar-refractivity contribution in [3.05, 3.63) is 140 Å². The van der Waals surface area contributed by atoms with E-state index < -0.39 is 11.9 Å². The fourth-order valence-corrected chi connectivity index (χ4v) is 11.3. The molecule has 0 radical (unpaired) electrons. The second-order valence-corrected chi connectivity index (χ2v) is 20.9. The molecule has 9 rings (SSSR count). The summed E-state index contributed by atoms with van der Waals surface area (Å²) < 4.78 is 29.0. The molecular weight excluding hydrogens is 1070 g/mol. The minimum Gasteiger partial charge on any atom is -0.490 e. The van der Waals surface area contributed by atoms with Crippen LogP contribution in [0.5, 0.6) is 5.75 Å². The maximum atomic E-state index is 11.9. The molecule has 78 heavy (non-hydrogen) atoms. The summed E-state index contributed by atoms with van der Waals surface area (Å²) in [7, 11) is 0. The Balaban J connectivity index is 0.742. The smallest absolute Gasteiger partial charge is 0.330 e. The first-order valence-corrected chi connectivity index (χ1v) is 27.7. The van der Waals surface area contributed by atoms with Gasteiger partial charge in [0.15, 0.2) is 0 Å². The Morgan fingerprint density at radius 3 is 1.74 bits per heavy atom. The van der Waals surface area contributed by atoms with Gasteiger partial charge in [0, 0.05) is 56.5 Å². The molecule has 1 fully saturated rings. The number of esters is 3. The van der Waals surface area contributed by atoms with E-state index in [2.05, 4.69) is 73.8 Å². The second kappa shape index (κ2) is 27.2. The van der Waals surface area contributed by atoms with Gasteiger partial charge in [0.1, 0.15) is 45.2 Å². The summed E-state index contributed by atoms with van der Waals surface area (Å²) in [5, 5.41) is 37.7. The van der Waals surface area contributed by atoms with Gasteiger partial charge in [0.2, 0.25) is 10.3 Å². The van der Waals surface area contributed by atoms with Gasteiger partial charge in [-0.05, 0) is 109 Å². The summed E-state index contributed by atoms with van der Waals surface area (Å²) >= 11 is 5.69. The summed E-state index contributed by atoms with van der Waals surface area (Å²) in [6, 6.07) is 34.4. The molecule has 5 heterocycles. The van der Waals surface area contributed by atoms with E-state index in [0.717, 1.165) is 71.8 Å². The SMILES string of the molecule is C=CC(=O)OCCOc1ccc(N=Nc2cc3sc(N=Nc4ccc(N(CCOC(=O)C=C)CCC5CN(c6ccc(N=Nc7nc8sc(N=Nc9ccc(CCOC(C)=O)cc9)cc8s7)cc6)CCO5)cc4)nc3s2)cc1. The van der Waals surface area contributed by atoms with E-state index in [1.165, 1.54) is 52.3 Å². The predicted octanol–water partition coefficient (Wildman–Crippen LogP) is 14.7. The monoisotopic (exact) mass is 1120 g/mol. The van der Waals surface area contributed by atoms with Gasteiger partial charge in [-0.1, -0.05) is 70.6 Å². The number of anilines is 2. The maximum absolute atomic E-state index is 11.9. The molecule has 1 aliphatic heterocycles. The zero-order chi connectivity index (χ0) is 54.1. The van der Waals surface area contributed by atoms with Crippen molar-refractivity contribution in [1.29, 1.82) is 0 Å². The van der Waals surface area contributed by atoms with Gasteiger partial charge < -0.3 is 33.5 Å². The first-order chi connectivity index (χ1) is 38.1. The molecule has 0 amide bonds. The van der Waals surface area contributed by atoms with Crippen LogP contribution in [0.3, 0.4) is 0 Å². The average molecular weight is 1120 g/mol. The molecule has 1 aliphatic rings. The van der Waals surface area contributed by atoms with E-state index >= 15 is 0 Å². The summed E-state index contributed by atoms with van der Waals surface area (Å²) in [5.41, 5.74) is 5.79. The van der Waals surface area contributed by atoms with Gasteiger partial charge in [-0.15, -0.1) is 40.9 Å². The molecule has 24 heteroatoms. The lowest BCUT2D eigenvalue weighted by atomic mass is 10.1. The highest BCUT2D eigenvalue weighted by atomic mass is 32.1. The standard InChI is InChI=1S/C54H50N12O8S4/c1-4-49(68)73-29-25-65(41-16-10-38(11-17-41)59-63-53-56-52-46(76-53)33-48(78-52)62-58-40-14-20-43(21-15-40)72-30-31-74-50(69)5-2)24-22-44-34-66(26-28-71-44)42-18-12-39(13-19-42)60-64-54-55-51-45(75-54)32-47(77-51)61-57-37-8-6-36(7-9-37)23-27-70-35(3)67/h4-21,32-33,44H,1-2,22-31,34H2,3H3. The second-order valence-electron chi connectivity index (χ2n) is 16.9. The third-order valence-electron chi connectivity index (χ3n) is 11.5. The molecular formula is C54H50N12O8S4. The highest BCUT2D eigenvalue weighted by Crippen LogP contribution is 2.41. The number of rotatable bonds is 25. The van der Waals surface area contributed by atoms with Crippen LogP contribution in [0.4, 0.5) is 54.4 Å². The number of azo groups is 4. The molecule has 1 atom stereocenters. The Kier molecular flexibility index (Phi) is 19.0. The van der Waals surface area contributed by atoms with Gasteiger partial charge in [-0.3, -0.25) is 4.79 Å². The van der Waals surface area contributed by atoms with Gasteiger partial charge in [-0.25, -0.2) is 19.6 Å². The molecule has 0 bridgehead atoms. The largest absolute Gasteiger partial charge is 0.490 e. The Bertz CT molecular complexity index is 3400. The molecule has 8 aromatic rings. The number of morpholine rings is 1. The van der Waals surface area contributed by atoms with Crippen LogP contribution in [0, 0.1) is 0 Å². The van der Waals surface area contributed by atoms with Crippen molar-refractivity contribution in [2.45, 2.75) is 25.9 Å².